The summed E-state index contributed by atoms with van der Waals surface area (Å²) in [6.07, 6.45) is 4.34. The lowest BCUT2D eigenvalue weighted by molar-refractivity contribution is 0.0833. The number of thiophene rings is 1. The molecule has 0 unspecified atom stereocenters. The number of hydrogen-bond donors (Lipinski definition) is 1. The van der Waals surface area contributed by atoms with Crippen LogP contribution in [0.5, 0.6) is 0 Å². The molecular formula is C13H21N3O3S2. The Labute approximate surface area is 129 Å². The molecule has 21 heavy (non-hydrogen) atoms. The molecule has 0 saturated carbocycles. The lowest BCUT2D eigenvalue weighted by Crippen LogP contribution is -2.29. The molecule has 0 aromatic carbocycles. The summed E-state index contributed by atoms with van der Waals surface area (Å²) < 4.78 is 24.2. The van der Waals surface area contributed by atoms with Crippen LogP contribution in [0.2, 0.25) is 0 Å². The Morgan fingerprint density at radius 2 is 1.81 bits per heavy atom. The number of hydrogen-bond acceptors (Lipinski definition) is 6. The van der Waals surface area contributed by atoms with Gasteiger partial charge in [0, 0.05) is 33.4 Å². The first-order valence-electron chi connectivity index (χ1n) is 6.82. The van der Waals surface area contributed by atoms with Crippen molar-refractivity contribution in [1.82, 2.24) is 4.90 Å². The zero-order valence-corrected chi connectivity index (χ0v) is 14.2. The van der Waals surface area contributed by atoms with E-state index in [1.807, 2.05) is 4.90 Å². The van der Waals surface area contributed by atoms with E-state index in [9.17, 15) is 13.2 Å². The van der Waals surface area contributed by atoms with E-state index in [4.69, 9.17) is 5.73 Å². The molecular weight excluding hydrogens is 310 g/mol. The SMILES string of the molecule is CN(C)C(=O)c1sc(N2CCCCC2)c(S(C)(=O)=O)c1N. The Kier molecular flexibility index (Phi) is 4.48. The summed E-state index contributed by atoms with van der Waals surface area (Å²) in [5.74, 6) is -0.259. The van der Waals surface area contributed by atoms with E-state index in [0.717, 1.165) is 38.6 Å². The monoisotopic (exact) mass is 331 g/mol. The van der Waals surface area contributed by atoms with Gasteiger partial charge in [-0.05, 0) is 19.3 Å². The van der Waals surface area contributed by atoms with Crippen molar-refractivity contribution in [2.45, 2.75) is 24.2 Å². The molecule has 1 aliphatic heterocycles. The number of carbonyl (C=O) groups is 1. The second-order valence-electron chi connectivity index (χ2n) is 5.50. The van der Waals surface area contributed by atoms with Gasteiger partial charge in [0.2, 0.25) is 0 Å². The second kappa shape index (κ2) is 5.84. The van der Waals surface area contributed by atoms with Crippen LogP contribution in [-0.4, -0.2) is 52.7 Å². The summed E-state index contributed by atoms with van der Waals surface area (Å²) in [7, 11) is -0.225. The second-order valence-corrected chi connectivity index (χ2v) is 8.45. The molecule has 2 rings (SSSR count). The normalized spacial score (nSPS) is 16.0. The molecule has 0 bridgehead atoms. The summed E-state index contributed by atoms with van der Waals surface area (Å²) in [4.78, 5) is 16.0. The third kappa shape index (κ3) is 3.16. The fourth-order valence-corrected chi connectivity index (χ4v) is 5.22. The summed E-state index contributed by atoms with van der Waals surface area (Å²) in [5, 5.41) is 0.611. The number of piperidine rings is 1. The van der Waals surface area contributed by atoms with Crippen LogP contribution in [0.4, 0.5) is 10.7 Å². The van der Waals surface area contributed by atoms with Gasteiger partial charge in [-0.2, -0.15) is 0 Å². The maximum Gasteiger partial charge on any atom is 0.265 e. The fourth-order valence-electron chi connectivity index (χ4n) is 2.44. The number of nitrogen functional groups attached to an aromatic ring is 1. The third-order valence-corrected chi connectivity index (χ3v) is 6.04. The molecule has 1 aromatic rings. The molecule has 0 spiro atoms. The van der Waals surface area contributed by atoms with Crippen LogP contribution in [0.3, 0.4) is 0 Å². The molecule has 1 fully saturated rings. The number of anilines is 2. The van der Waals surface area contributed by atoms with Crippen LogP contribution in [0.15, 0.2) is 4.90 Å². The Bertz CT molecular complexity index is 644. The van der Waals surface area contributed by atoms with Gasteiger partial charge in [0.1, 0.15) is 14.8 Å². The molecule has 118 valence electrons. The standard InChI is InChI=1S/C13H21N3O3S2/c1-15(2)12(17)10-9(14)11(21(3,18)19)13(20-10)16-7-5-4-6-8-16/h4-8,14H2,1-3H3. The highest BCUT2D eigenvalue weighted by atomic mass is 32.2. The van der Waals surface area contributed by atoms with Gasteiger partial charge < -0.3 is 15.5 Å². The van der Waals surface area contributed by atoms with Gasteiger partial charge in [0.15, 0.2) is 9.84 Å². The Balaban J connectivity index is 2.57. The molecule has 2 N–H and O–H groups in total. The van der Waals surface area contributed by atoms with Crippen LogP contribution in [-0.2, 0) is 9.84 Å². The van der Waals surface area contributed by atoms with E-state index >= 15 is 0 Å². The molecule has 1 amide bonds. The first-order valence-corrected chi connectivity index (χ1v) is 9.53. The smallest absolute Gasteiger partial charge is 0.265 e. The number of amides is 1. The van der Waals surface area contributed by atoms with E-state index in [1.54, 1.807) is 14.1 Å². The van der Waals surface area contributed by atoms with Gasteiger partial charge in [-0.3, -0.25) is 4.79 Å². The highest BCUT2D eigenvalue weighted by Gasteiger charge is 2.30. The van der Waals surface area contributed by atoms with Crippen LogP contribution >= 0.6 is 11.3 Å². The van der Waals surface area contributed by atoms with E-state index in [2.05, 4.69) is 0 Å². The lowest BCUT2D eigenvalue weighted by atomic mass is 10.1. The molecule has 6 nitrogen and oxygen atoms in total. The maximum absolute atomic E-state index is 12.2. The zero-order chi connectivity index (χ0) is 15.8. The fraction of sp³-hybridized carbons (Fsp3) is 0.615. The van der Waals surface area contributed by atoms with Crippen molar-refractivity contribution in [3.8, 4) is 0 Å². The van der Waals surface area contributed by atoms with Crippen LogP contribution < -0.4 is 10.6 Å². The number of sulfone groups is 1. The molecule has 0 aliphatic carbocycles. The predicted molar refractivity (Wildman–Crippen MR) is 85.9 cm³/mol. The van der Waals surface area contributed by atoms with E-state index in [0.29, 0.717) is 9.88 Å². The molecule has 0 atom stereocenters. The Morgan fingerprint density at radius 1 is 1.24 bits per heavy atom. The average molecular weight is 331 g/mol. The van der Waals surface area contributed by atoms with Crippen molar-refractivity contribution in [2.75, 3.05) is 44.1 Å². The van der Waals surface area contributed by atoms with Crippen LogP contribution in [0.25, 0.3) is 0 Å². The van der Waals surface area contributed by atoms with Gasteiger partial charge >= 0.3 is 0 Å². The van der Waals surface area contributed by atoms with Crippen molar-refractivity contribution in [3.05, 3.63) is 4.88 Å². The van der Waals surface area contributed by atoms with Gasteiger partial charge in [-0.1, -0.05) is 0 Å². The number of rotatable bonds is 3. The lowest BCUT2D eigenvalue weighted by Gasteiger charge is -2.28. The van der Waals surface area contributed by atoms with Gasteiger partial charge in [-0.15, -0.1) is 11.3 Å². The molecule has 1 aliphatic rings. The summed E-state index contributed by atoms with van der Waals surface area (Å²) in [6, 6.07) is 0. The van der Waals surface area contributed by atoms with Crippen LogP contribution in [0.1, 0.15) is 28.9 Å². The van der Waals surface area contributed by atoms with Crippen molar-refractivity contribution < 1.29 is 13.2 Å². The Hall–Kier alpha value is -1.28. The quantitative estimate of drug-likeness (QED) is 0.906. The molecule has 8 heteroatoms. The first kappa shape index (κ1) is 16.1. The molecule has 2 heterocycles. The number of nitrogens with two attached hydrogens (primary N) is 1. The topological polar surface area (TPSA) is 83.7 Å². The van der Waals surface area contributed by atoms with E-state index in [1.165, 1.54) is 16.2 Å². The highest BCUT2D eigenvalue weighted by Crippen LogP contribution is 2.42. The molecule has 1 aromatic heterocycles. The van der Waals surface area contributed by atoms with Gasteiger partial charge in [0.05, 0.1) is 5.69 Å². The summed E-state index contributed by atoms with van der Waals surface area (Å²) in [5.41, 5.74) is 6.08. The average Bonchev–Trinajstić information content (AvgIpc) is 2.76. The number of carbonyl (C=O) groups excluding carboxylic acids is 1. The first-order chi connectivity index (χ1) is 9.73. The Morgan fingerprint density at radius 3 is 2.29 bits per heavy atom. The van der Waals surface area contributed by atoms with E-state index < -0.39 is 9.84 Å². The highest BCUT2D eigenvalue weighted by molar-refractivity contribution is 7.91. The zero-order valence-electron chi connectivity index (χ0n) is 12.5. The van der Waals surface area contributed by atoms with Crippen molar-refractivity contribution in [3.63, 3.8) is 0 Å². The van der Waals surface area contributed by atoms with Gasteiger partial charge in [0.25, 0.3) is 5.91 Å². The minimum absolute atomic E-state index is 0.0850. The molecule has 0 radical (unpaired) electrons. The minimum atomic E-state index is -3.48. The maximum atomic E-state index is 12.2. The largest absolute Gasteiger partial charge is 0.396 e. The van der Waals surface area contributed by atoms with Crippen molar-refractivity contribution in [1.29, 1.82) is 0 Å². The minimum Gasteiger partial charge on any atom is -0.396 e. The van der Waals surface area contributed by atoms with Gasteiger partial charge in [-0.25, -0.2) is 8.42 Å². The molecule has 1 saturated heterocycles. The van der Waals surface area contributed by atoms with Crippen LogP contribution in [0, 0.1) is 0 Å². The van der Waals surface area contributed by atoms with Crippen molar-refractivity contribution >= 4 is 37.8 Å². The summed E-state index contributed by atoms with van der Waals surface area (Å²) in [6.45, 7) is 1.61. The predicted octanol–water partition coefficient (Wildman–Crippen LogP) is 1.43. The summed E-state index contributed by atoms with van der Waals surface area (Å²) >= 11 is 1.19. The van der Waals surface area contributed by atoms with Crippen molar-refractivity contribution in [2.24, 2.45) is 0 Å². The van der Waals surface area contributed by atoms with E-state index in [-0.39, 0.29) is 16.5 Å². The number of nitrogens with zero attached hydrogens (tertiary/aromatic N) is 2. The third-order valence-electron chi connectivity index (χ3n) is 3.50.